The van der Waals surface area contributed by atoms with Gasteiger partial charge in [-0.1, -0.05) is 32.9 Å². The third kappa shape index (κ3) is 2.07. The fourth-order valence-electron chi connectivity index (χ4n) is 7.00. The van der Waals surface area contributed by atoms with Crippen LogP contribution in [0.5, 0.6) is 0 Å². The molecule has 0 bridgehead atoms. The summed E-state index contributed by atoms with van der Waals surface area (Å²) in [6, 6.07) is 0. The number of ketones is 1. The van der Waals surface area contributed by atoms with Crippen LogP contribution in [-0.4, -0.2) is 12.1 Å². The number of carbonyl (C=O) groups is 2. The third-order valence-corrected chi connectivity index (χ3v) is 8.44. The van der Waals surface area contributed by atoms with Crippen LogP contribution in [0.3, 0.4) is 0 Å². The molecule has 4 aliphatic rings. The standard InChI is InChI=1S/C22H30O2/c1-14(13-23)18-6-7-19-17-5-4-15-12-16(24)8-10-21(15,2)20(17)9-11-22(18,19)3/h4-5,12-14,17-20H,6-11H2,1-3H3/t14-,17?,18?,19?,20?,21+,22-/m1/s1. The molecule has 0 spiro atoms. The Morgan fingerprint density at radius 1 is 1.17 bits per heavy atom. The molecule has 2 saturated carbocycles. The van der Waals surface area contributed by atoms with Crippen molar-refractivity contribution in [3.63, 3.8) is 0 Å². The van der Waals surface area contributed by atoms with Crippen molar-refractivity contribution in [2.24, 2.45) is 40.4 Å². The zero-order chi connectivity index (χ0) is 17.1. The van der Waals surface area contributed by atoms with Crippen molar-refractivity contribution in [1.82, 2.24) is 0 Å². The lowest BCUT2D eigenvalue weighted by molar-refractivity contribution is -0.116. The Balaban J connectivity index is 1.70. The van der Waals surface area contributed by atoms with Crippen LogP contribution in [-0.2, 0) is 9.59 Å². The highest BCUT2D eigenvalue weighted by atomic mass is 16.1. The normalized spacial score (nSPS) is 48.1. The van der Waals surface area contributed by atoms with Crippen LogP contribution >= 0.6 is 0 Å². The van der Waals surface area contributed by atoms with Gasteiger partial charge in [0.05, 0.1) is 0 Å². The number of carbonyl (C=O) groups excluding carboxylic acids is 2. The van der Waals surface area contributed by atoms with Gasteiger partial charge in [-0.2, -0.15) is 0 Å². The predicted molar refractivity (Wildman–Crippen MR) is 95.3 cm³/mol. The van der Waals surface area contributed by atoms with Crippen molar-refractivity contribution >= 4 is 12.1 Å². The molecule has 2 fully saturated rings. The smallest absolute Gasteiger partial charge is 0.156 e. The van der Waals surface area contributed by atoms with Gasteiger partial charge in [0.2, 0.25) is 0 Å². The summed E-state index contributed by atoms with van der Waals surface area (Å²) in [5, 5.41) is 0. The summed E-state index contributed by atoms with van der Waals surface area (Å²) in [5.74, 6) is 3.03. The molecule has 0 amide bonds. The molecule has 4 aliphatic carbocycles. The van der Waals surface area contributed by atoms with Crippen LogP contribution in [0.15, 0.2) is 23.8 Å². The van der Waals surface area contributed by atoms with E-state index < -0.39 is 0 Å². The molecule has 2 heteroatoms. The average Bonchev–Trinajstić information content (AvgIpc) is 2.92. The molecule has 0 aromatic rings. The minimum atomic E-state index is 0.183. The summed E-state index contributed by atoms with van der Waals surface area (Å²) in [7, 11) is 0. The van der Waals surface area contributed by atoms with E-state index >= 15 is 0 Å². The molecule has 7 atom stereocenters. The first kappa shape index (κ1) is 16.3. The summed E-state index contributed by atoms with van der Waals surface area (Å²) in [5.41, 5.74) is 1.77. The number of aldehydes is 1. The molecule has 130 valence electrons. The number of allylic oxidation sites excluding steroid dienone is 4. The summed E-state index contributed by atoms with van der Waals surface area (Å²) in [4.78, 5) is 23.3. The Morgan fingerprint density at radius 3 is 2.71 bits per heavy atom. The highest BCUT2D eigenvalue weighted by molar-refractivity contribution is 5.92. The largest absolute Gasteiger partial charge is 0.303 e. The number of rotatable bonds is 2. The van der Waals surface area contributed by atoms with Crippen molar-refractivity contribution < 1.29 is 9.59 Å². The van der Waals surface area contributed by atoms with E-state index in [0.29, 0.717) is 41.3 Å². The van der Waals surface area contributed by atoms with Crippen LogP contribution in [0.1, 0.15) is 59.3 Å². The van der Waals surface area contributed by atoms with Crippen molar-refractivity contribution in [2.75, 3.05) is 0 Å². The average molecular weight is 326 g/mol. The highest BCUT2D eigenvalue weighted by Gasteiger charge is 2.58. The highest BCUT2D eigenvalue weighted by Crippen LogP contribution is 2.65. The van der Waals surface area contributed by atoms with Gasteiger partial charge in [0.15, 0.2) is 5.78 Å². The van der Waals surface area contributed by atoms with Gasteiger partial charge in [0.25, 0.3) is 0 Å². The van der Waals surface area contributed by atoms with Crippen molar-refractivity contribution in [3.8, 4) is 0 Å². The maximum atomic E-state index is 11.9. The topological polar surface area (TPSA) is 34.1 Å². The van der Waals surface area contributed by atoms with Crippen LogP contribution in [0, 0.1) is 40.4 Å². The molecule has 0 radical (unpaired) electrons. The Morgan fingerprint density at radius 2 is 1.96 bits per heavy atom. The van der Waals surface area contributed by atoms with E-state index in [1.165, 1.54) is 37.5 Å². The lowest BCUT2D eigenvalue weighted by Gasteiger charge is -2.56. The van der Waals surface area contributed by atoms with Gasteiger partial charge in [-0.15, -0.1) is 0 Å². The molecular weight excluding hydrogens is 296 g/mol. The molecule has 0 heterocycles. The predicted octanol–water partition coefficient (Wildman–Crippen LogP) is 4.75. The Labute approximate surface area is 145 Å². The molecule has 0 aromatic heterocycles. The van der Waals surface area contributed by atoms with Crippen molar-refractivity contribution in [1.29, 1.82) is 0 Å². The van der Waals surface area contributed by atoms with Gasteiger partial charge in [-0.05, 0) is 78.3 Å². The SMILES string of the molecule is C[C@H](C=O)C1CCC2C3C=CC4=CC(=O)CC[C@]4(C)C3CC[C@@]21C. The van der Waals surface area contributed by atoms with E-state index in [9.17, 15) is 9.59 Å². The Bertz CT molecular complexity index is 630. The Hall–Kier alpha value is -1.18. The van der Waals surface area contributed by atoms with E-state index in [1.54, 1.807) is 0 Å². The monoisotopic (exact) mass is 326 g/mol. The van der Waals surface area contributed by atoms with E-state index in [2.05, 4.69) is 32.9 Å². The molecule has 0 aliphatic heterocycles. The first-order valence-electron chi connectivity index (χ1n) is 9.78. The number of hydrogen-bond acceptors (Lipinski definition) is 2. The number of hydrogen-bond donors (Lipinski definition) is 0. The van der Waals surface area contributed by atoms with Crippen LogP contribution in [0.2, 0.25) is 0 Å². The summed E-state index contributed by atoms with van der Waals surface area (Å²) in [6.07, 6.45) is 14.5. The second-order valence-corrected chi connectivity index (χ2v) is 9.36. The lowest BCUT2D eigenvalue weighted by atomic mass is 9.48. The van der Waals surface area contributed by atoms with E-state index in [0.717, 1.165) is 6.42 Å². The van der Waals surface area contributed by atoms with Gasteiger partial charge in [0.1, 0.15) is 6.29 Å². The van der Waals surface area contributed by atoms with E-state index in [1.807, 2.05) is 6.08 Å². The second-order valence-electron chi connectivity index (χ2n) is 9.36. The molecular formula is C22H30O2. The second kappa shape index (κ2) is 5.41. The van der Waals surface area contributed by atoms with E-state index in [-0.39, 0.29) is 11.3 Å². The van der Waals surface area contributed by atoms with Crippen LogP contribution in [0.25, 0.3) is 0 Å². The van der Waals surface area contributed by atoms with Gasteiger partial charge in [0, 0.05) is 12.3 Å². The molecule has 24 heavy (non-hydrogen) atoms. The molecule has 4 unspecified atom stereocenters. The molecule has 2 nitrogen and oxygen atoms in total. The van der Waals surface area contributed by atoms with Crippen molar-refractivity contribution in [3.05, 3.63) is 23.8 Å². The van der Waals surface area contributed by atoms with Crippen LogP contribution in [0.4, 0.5) is 0 Å². The zero-order valence-electron chi connectivity index (χ0n) is 15.3. The van der Waals surface area contributed by atoms with Gasteiger partial charge < -0.3 is 4.79 Å². The minimum absolute atomic E-state index is 0.183. The summed E-state index contributed by atoms with van der Waals surface area (Å²) < 4.78 is 0. The quantitative estimate of drug-likeness (QED) is 0.687. The number of fused-ring (bicyclic) bond motifs is 5. The molecule has 0 saturated heterocycles. The maximum absolute atomic E-state index is 11.9. The zero-order valence-corrected chi connectivity index (χ0v) is 15.3. The Kier molecular flexibility index (Phi) is 3.67. The molecule has 4 rings (SSSR count). The van der Waals surface area contributed by atoms with E-state index in [4.69, 9.17) is 0 Å². The third-order valence-electron chi connectivity index (χ3n) is 8.44. The first-order chi connectivity index (χ1) is 11.4. The van der Waals surface area contributed by atoms with Crippen LogP contribution < -0.4 is 0 Å². The summed E-state index contributed by atoms with van der Waals surface area (Å²) in [6.45, 7) is 6.97. The van der Waals surface area contributed by atoms with Gasteiger partial charge >= 0.3 is 0 Å². The van der Waals surface area contributed by atoms with Crippen molar-refractivity contribution in [2.45, 2.75) is 59.3 Å². The lowest BCUT2D eigenvalue weighted by Crippen LogP contribution is -2.49. The minimum Gasteiger partial charge on any atom is -0.303 e. The summed E-state index contributed by atoms with van der Waals surface area (Å²) >= 11 is 0. The molecule has 0 N–H and O–H groups in total. The van der Waals surface area contributed by atoms with Gasteiger partial charge in [-0.3, -0.25) is 4.79 Å². The first-order valence-corrected chi connectivity index (χ1v) is 9.78. The fraction of sp³-hybridized carbons (Fsp3) is 0.727. The fourth-order valence-corrected chi connectivity index (χ4v) is 7.00. The van der Waals surface area contributed by atoms with Gasteiger partial charge in [-0.25, -0.2) is 0 Å². The maximum Gasteiger partial charge on any atom is 0.156 e. The molecule has 0 aromatic carbocycles.